The third kappa shape index (κ3) is 5.67. The van der Waals surface area contributed by atoms with Crippen molar-refractivity contribution < 1.29 is 5.11 Å². The highest BCUT2D eigenvalue weighted by Crippen LogP contribution is 2.32. The Hall–Kier alpha value is -2.65. The lowest BCUT2D eigenvalue weighted by atomic mass is 10.1. The minimum absolute atomic E-state index is 0.116. The highest BCUT2D eigenvalue weighted by molar-refractivity contribution is 7.11. The summed E-state index contributed by atoms with van der Waals surface area (Å²) in [7, 11) is 0. The summed E-state index contributed by atoms with van der Waals surface area (Å²) in [6, 6.07) is 18.6. The molecule has 1 aromatic heterocycles. The summed E-state index contributed by atoms with van der Waals surface area (Å²) < 4.78 is 0. The number of hydrogen-bond donors (Lipinski definition) is 2. The lowest BCUT2D eigenvalue weighted by molar-refractivity contribution is 0.514. The van der Waals surface area contributed by atoms with E-state index in [2.05, 4.69) is 11.9 Å². The number of benzene rings is 2. The van der Waals surface area contributed by atoms with Crippen molar-refractivity contribution in [1.82, 2.24) is 4.98 Å². The van der Waals surface area contributed by atoms with Gasteiger partial charge in [0.2, 0.25) is 0 Å². The number of allylic oxidation sites excluding steroid dienone is 1. The zero-order valence-electron chi connectivity index (χ0n) is 15.6. The van der Waals surface area contributed by atoms with Gasteiger partial charge in [0.15, 0.2) is 0 Å². The van der Waals surface area contributed by atoms with Crippen LogP contribution in [0.15, 0.2) is 60.0 Å². The molecule has 2 aromatic carbocycles. The molecule has 3 rings (SSSR count). The van der Waals surface area contributed by atoms with Gasteiger partial charge < -0.3 is 10.8 Å². The second-order valence-corrected chi connectivity index (χ2v) is 7.13. The number of halogens is 1. The highest BCUT2D eigenvalue weighted by atomic mass is 35.5. The van der Waals surface area contributed by atoms with Gasteiger partial charge in [-0.05, 0) is 25.1 Å². The van der Waals surface area contributed by atoms with Crippen LogP contribution >= 0.6 is 22.9 Å². The Morgan fingerprint density at radius 3 is 2.43 bits per heavy atom. The van der Waals surface area contributed by atoms with Crippen molar-refractivity contribution in [2.75, 3.05) is 6.54 Å². The SMILES string of the molecule is CCCCN.N#CC(=C(O)c1ccccc1Cl)c1nc(-c2ccccc2)cs1. The van der Waals surface area contributed by atoms with Gasteiger partial charge in [-0.2, -0.15) is 5.26 Å². The second-order valence-electron chi connectivity index (χ2n) is 5.86. The Morgan fingerprint density at radius 2 is 1.86 bits per heavy atom. The number of hydrogen-bond acceptors (Lipinski definition) is 5. The van der Waals surface area contributed by atoms with Crippen molar-refractivity contribution in [3.05, 3.63) is 75.6 Å². The van der Waals surface area contributed by atoms with E-state index in [1.807, 2.05) is 41.8 Å². The molecule has 0 unspecified atom stereocenters. The fourth-order valence-electron chi connectivity index (χ4n) is 2.32. The monoisotopic (exact) mass is 411 g/mol. The van der Waals surface area contributed by atoms with E-state index < -0.39 is 0 Å². The summed E-state index contributed by atoms with van der Waals surface area (Å²) in [6.07, 6.45) is 2.39. The van der Waals surface area contributed by atoms with Crippen LogP contribution < -0.4 is 5.73 Å². The predicted octanol–water partition coefficient (Wildman–Crippen LogP) is 6.16. The van der Waals surface area contributed by atoms with Crippen LogP contribution in [0.25, 0.3) is 22.6 Å². The maximum atomic E-state index is 10.4. The average Bonchev–Trinajstić information content (AvgIpc) is 3.20. The second kappa shape index (κ2) is 11.3. The van der Waals surface area contributed by atoms with Gasteiger partial charge in [-0.25, -0.2) is 4.98 Å². The van der Waals surface area contributed by atoms with Crippen molar-refractivity contribution in [2.24, 2.45) is 5.73 Å². The minimum Gasteiger partial charge on any atom is -0.506 e. The quantitative estimate of drug-likeness (QED) is 0.389. The average molecular weight is 412 g/mol. The molecule has 3 aromatic rings. The Balaban J connectivity index is 0.000000500. The fourth-order valence-corrected chi connectivity index (χ4v) is 3.37. The van der Waals surface area contributed by atoms with E-state index in [4.69, 9.17) is 17.3 Å². The number of aliphatic hydroxyl groups excluding tert-OH is 1. The molecule has 0 amide bonds. The maximum absolute atomic E-state index is 10.4. The van der Waals surface area contributed by atoms with E-state index in [0.717, 1.165) is 17.8 Å². The number of nitriles is 1. The Kier molecular flexibility index (Phi) is 8.70. The van der Waals surface area contributed by atoms with Gasteiger partial charge >= 0.3 is 0 Å². The maximum Gasteiger partial charge on any atom is 0.145 e. The van der Waals surface area contributed by atoms with Gasteiger partial charge in [0, 0.05) is 16.5 Å². The van der Waals surface area contributed by atoms with E-state index in [1.165, 1.54) is 24.2 Å². The Morgan fingerprint density at radius 1 is 1.18 bits per heavy atom. The smallest absolute Gasteiger partial charge is 0.145 e. The molecule has 0 aliphatic rings. The number of aliphatic hydroxyl groups is 1. The molecule has 4 nitrogen and oxygen atoms in total. The van der Waals surface area contributed by atoms with Gasteiger partial charge in [0.1, 0.15) is 22.4 Å². The van der Waals surface area contributed by atoms with Crippen LogP contribution in [0.2, 0.25) is 5.02 Å². The van der Waals surface area contributed by atoms with Crippen LogP contribution in [-0.4, -0.2) is 16.6 Å². The molecular weight excluding hydrogens is 390 g/mol. The van der Waals surface area contributed by atoms with Gasteiger partial charge in [-0.15, -0.1) is 11.3 Å². The van der Waals surface area contributed by atoms with E-state index >= 15 is 0 Å². The van der Waals surface area contributed by atoms with Crippen molar-refractivity contribution in [2.45, 2.75) is 19.8 Å². The summed E-state index contributed by atoms with van der Waals surface area (Å²) in [6.45, 7) is 2.98. The lowest BCUT2D eigenvalue weighted by Gasteiger charge is -2.04. The zero-order chi connectivity index (χ0) is 20.4. The molecule has 144 valence electrons. The molecule has 0 radical (unpaired) electrons. The molecule has 3 N–H and O–H groups in total. The van der Waals surface area contributed by atoms with E-state index in [-0.39, 0.29) is 11.3 Å². The van der Waals surface area contributed by atoms with Crippen LogP contribution in [0.5, 0.6) is 0 Å². The number of thiazole rings is 1. The molecule has 0 fully saturated rings. The molecule has 1 heterocycles. The summed E-state index contributed by atoms with van der Waals surface area (Å²) in [5.41, 5.74) is 7.41. The number of aromatic nitrogens is 1. The number of unbranched alkanes of at least 4 members (excludes halogenated alkanes) is 1. The molecule has 6 heteroatoms. The number of nitrogens with zero attached hydrogens (tertiary/aromatic N) is 2. The van der Waals surface area contributed by atoms with E-state index in [9.17, 15) is 10.4 Å². The largest absolute Gasteiger partial charge is 0.506 e. The zero-order valence-corrected chi connectivity index (χ0v) is 17.2. The summed E-state index contributed by atoms with van der Waals surface area (Å²) in [5, 5.41) is 22.6. The Bertz CT molecular complexity index is 959. The number of rotatable bonds is 5. The first-order chi connectivity index (χ1) is 13.6. The predicted molar refractivity (Wildman–Crippen MR) is 118 cm³/mol. The summed E-state index contributed by atoms with van der Waals surface area (Å²) >= 11 is 7.40. The fraction of sp³-hybridized carbons (Fsp3) is 0.182. The first kappa shape index (κ1) is 21.6. The topological polar surface area (TPSA) is 82.9 Å². The highest BCUT2D eigenvalue weighted by Gasteiger charge is 2.16. The first-order valence-corrected chi connectivity index (χ1v) is 10.2. The van der Waals surface area contributed by atoms with E-state index in [0.29, 0.717) is 15.6 Å². The van der Waals surface area contributed by atoms with Gasteiger partial charge in [0.25, 0.3) is 0 Å². The molecule has 0 saturated heterocycles. The van der Waals surface area contributed by atoms with Crippen LogP contribution in [0.3, 0.4) is 0 Å². The lowest BCUT2D eigenvalue weighted by Crippen LogP contribution is -1.95. The molecule has 0 aliphatic heterocycles. The molecule has 0 atom stereocenters. The molecule has 0 spiro atoms. The normalized spacial score (nSPS) is 11.1. The Labute approximate surface area is 174 Å². The standard InChI is InChI=1S/C18H11ClN2OS.C4H11N/c19-15-9-5-4-8-13(15)17(22)14(10-20)18-21-16(11-23-18)12-6-2-1-3-7-12;1-2-3-4-5/h1-9,11,22H;2-5H2,1H3. The molecule has 0 aliphatic carbocycles. The third-order valence-electron chi connectivity index (χ3n) is 3.82. The van der Waals surface area contributed by atoms with Crippen LogP contribution in [0.1, 0.15) is 30.3 Å². The van der Waals surface area contributed by atoms with Crippen molar-refractivity contribution in [3.8, 4) is 17.3 Å². The molecule has 28 heavy (non-hydrogen) atoms. The van der Waals surface area contributed by atoms with Gasteiger partial charge in [0.05, 0.1) is 10.7 Å². The van der Waals surface area contributed by atoms with Crippen LogP contribution in [0.4, 0.5) is 0 Å². The third-order valence-corrected chi connectivity index (χ3v) is 5.01. The van der Waals surface area contributed by atoms with E-state index in [1.54, 1.807) is 24.3 Å². The summed E-state index contributed by atoms with van der Waals surface area (Å²) in [5.74, 6) is -0.160. The first-order valence-electron chi connectivity index (χ1n) is 8.92. The number of nitrogens with two attached hydrogens (primary N) is 1. The summed E-state index contributed by atoms with van der Waals surface area (Å²) in [4.78, 5) is 4.46. The minimum atomic E-state index is -0.160. The van der Waals surface area contributed by atoms with Crippen LogP contribution in [0, 0.1) is 11.3 Å². The molecular formula is C22H22ClN3OS. The van der Waals surface area contributed by atoms with Gasteiger partial charge in [-0.1, -0.05) is 67.4 Å². The van der Waals surface area contributed by atoms with Gasteiger partial charge in [-0.3, -0.25) is 0 Å². The molecule has 0 bridgehead atoms. The van der Waals surface area contributed by atoms with Crippen molar-refractivity contribution >= 4 is 34.3 Å². The van der Waals surface area contributed by atoms with Crippen molar-refractivity contribution in [1.29, 1.82) is 5.26 Å². The van der Waals surface area contributed by atoms with Crippen molar-refractivity contribution in [3.63, 3.8) is 0 Å². The molecule has 0 saturated carbocycles. The van der Waals surface area contributed by atoms with Crippen LogP contribution in [-0.2, 0) is 0 Å².